The number of rotatable bonds is 7. The van der Waals surface area contributed by atoms with Gasteiger partial charge in [-0.05, 0) is 31.9 Å². The van der Waals surface area contributed by atoms with Crippen molar-refractivity contribution < 1.29 is 5.11 Å². The van der Waals surface area contributed by atoms with Gasteiger partial charge in [-0.1, -0.05) is 6.07 Å². The van der Waals surface area contributed by atoms with E-state index in [0.717, 1.165) is 25.2 Å². The summed E-state index contributed by atoms with van der Waals surface area (Å²) in [5.41, 5.74) is 7.82. The smallest absolute Gasteiger partial charge is 0.0584 e. The van der Waals surface area contributed by atoms with Crippen molar-refractivity contribution in [2.24, 2.45) is 5.73 Å². The van der Waals surface area contributed by atoms with Gasteiger partial charge in [0.2, 0.25) is 0 Å². The Morgan fingerprint density at radius 2 is 2.24 bits per heavy atom. The van der Waals surface area contributed by atoms with Crippen molar-refractivity contribution in [1.29, 1.82) is 0 Å². The van der Waals surface area contributed by atoms with Crippen molar-refractivity contribution >= 4 is 0 Å². The Labute approximate surface area is 103 Å². The van der Waals surface area contributed by atoms with Crippen LogP contribution in [0, 0.1) is 0 Å². The Morgan fingerprint density at radius 1 is 1.47 bits per heavy atom. The van der Waals surface area contributed by atoms with Gasteiger partial charge in [-0.3, -0.25) is 9.88 Å². The van der Waals surface area contributed by atoms with Crippen LogP contribution in [0.2, 0.25) is 0 Å². The van der Waals surface area contributed by atoms with Crippen LogP contribution in [0.4, 0.5) is 0 Å². The molecule has 4 heteroatoms. The Morgan fingerprint density at radius 3 is 2.82 bits per heavy atom. The molecule has 0 aliphatic heterocycles. The van der Waals surface area contributed by atoms with Crippen LogP contribution in [0.15, 0.2) is 18.3 Å². The average molecular weight is 237 g/mol. The van der Waals surface area contributed by atoms with E-state index in [4.69, 9.17) is 10.8 Å². The maximum Gasteiger partial charge on any atom is 0.0584 e. The number of aromatic nitrogens is 1. The van der Waals surface area contributed by atoms with Gasteiger partial charge in [-0.2, -0.15) is 0 Å². The van der Waals surface area contributed by atoms with E-state index in [-0.39, 0.29) is 6.61 Å². The number of nitrogens with two attached hydrogens (primary N) is 1. The van der Waals surface area contributed by atoms with Crippen LogP contribution >= 0.6 is 0 Å². The minimum atomic E-state index is 0.236. The zero-order chi connectivity index (χ0) is 12.7. The van der Waals surface area contributed by atoms with Crippen LogP contribution in [-0.4, -0.2) is 34.2 Å². The molecule has 0 saturated heterocycles. The van der Waals surface area contributed by atoms with Crippen LogP contribution in [0.5, 0.6) is 0 Å². The van der Waals surface area contributed by atoms with Gasteiger partial charge in [-0.25, -0.2) is 0 Å². The molecule has 0 radical (unpaired) electrons. The summed E-state index contributed by atoms with van der Waals surface area (Å²) in [6.45, 7) is 6.78. The monoisotopic (exact) mass is 237 g/mol. The minimum absolute atomic E-state index is 0.236. The highest BCUT2D eigenvalue weighted by molar-refractivity contribution is 5.19. The highest BCUT2D eigenvalue weighted by atomic mass is 16.3. The van der Waals surface area contributed by atoms with Crippen molar-refractivity contribution in [1.82, 2.24) is 9.88 Å². The van der Waals surface area contributed by atoms with Gasteiger partial charge in [0, 0.05) is 38.5 Å². The lowest BCUT2D eigenvalue weighted by molar-refractivity contribution is 0.184. The molecule has 0 aliphatic carbocycles. The van der Waals surface area contributed by atoms with Gasteiger partial charge in [-0.15, -0.1) is 0 Å². The summed E-state index contributed by atoms with van der Waals surface area (Å²) >= 11 is 0. The molecule has 3 N–H and O–H groups in total. The molecular weight excluding hydrogens is 214 g/mol. The van der Waals surface area contributed by atoms with E-state index in [2.05, 4.69) is 29.8 Å². The second kappa shape index (κ2) is 7.37. The molecule has 0 spiro atoms. The Kier molecular flexibility index (Phi) is 6.11. The third kappa shape index (κ3) is 4.42. The standard InChI is InChI=1S/C13H23N3O/c1-11(2)16(7-4-8-17)10-12-5-3-6-15-13(12)9-14/h3,5-6,11,17H,4,7-10,14H2,1-2H3. The molecule has 17 heavy (non-hydrogen) atoms. The zero-order valence-electron chi connectivity index (χ0n) is 10.8. The van der Waals surface area contributed by atoms with Gasteiger partial charge in [0.1, 0.15) is 0 Å². The summed E-state index contributed by atoms with van der Waals surface area (Å²) in [5.74, 6) is 0. The van der Waals surface area contributed by atoms with Crippen LogP contribution in [-0.2, 0) is 13.1 Å². The van der Waals surface area contributed by atoms with Crippen LogP contribution < -0.4 is 5.73 Å². The Bertz CT molecular complexity index is 328. The highest BCUT2D eigenvalue weighted by Crippen LogP contribution is 2.11. The number of hydrogen-bond donors (Lipinski definition) is 2. The summed E-state index contributed by atoms with van der Waals surface area (Å²) in [5, 5.41) is 8.90. The maximum atomic E-state index is 8.90. The molecule has 0 unspecified atom stereocenters. The molecule has 1 aromatic heterocycles. The van der Waals surface area contributed by atoms with Gasteiger partial charge in [0.25, 0.3) is 0 Å². The molecule has 0 atom stereocenters. The first-order valence-electron chi connectivity index (χ1n) is 6.16. The van der Waals surface area contributed by atoms with Crippen molar-refractivity contribution in [3.8, 4) is 0 Å². The molecule has 0 fully saturated rings. The topological polar surface area (TPSA) is 62.4 Å². The van der Waals surface area contributed by atoms with Gasteiger partial charge in [0.05, 0.1) is 5.69 Å². The molecule has 0 amide bonds. The van der Waals surface area contributed by atoms with Gasteiger partial charge >= 0.3 is 0 Å². The van der Waals surface area contributed by atoms with Crippen molar-refractivity contribution in [3.63, 3.8) is 0 Å². The van der Waals surface area contributed by atoms with Crippen LogP contribution in [0.1, 0.15) is 31.5 Å². The summed E-state index contributed by atoms with van der Waals surface area (Å²) in [6.07, 6.45) is 2.58. The number of hydrogen-bond acceptors (Lipinski definition) is 4. The fraction of sp³-hybridized carbons (Fsp3) is 0.615. The quantitative estimate of drug-likeness (QED) is 0.746. The molecule has 4 nitrogen and oxygen atoms in total. The lowest BCUT2D eigenvalue weighted by Gasteiger charge is -2.26. The second-order valence-electron chi connectivity index (χ2n) is 4.45. The second-order valence-corrected chi connectivity index (χ2v) is 4.45. The molecular formula is C13H23N3O. The molecule has 96 valence electrons. The SMILES string of the molecule is CC(C)N(CCCO)Cc1cccnc1CN. The van der Waals surface area contributed by atoms with Crippen molar-refractivity contribution in [3.05, 3.63) is 29.6 Å². The zero-order valence-corrected chi connectivity index (χ0v) is 10.8. The summed E-state index contributed by atoms with van der Waals surface area (Å²) in [6, 6.07) is 4.47. The first-order chi connectivity index (χ1) is 8.19. The van der Waals surface area contributed by atoms with Crippen LogP contribution in [0.3, 0.4) is 0 Å². The molecule has 1 rings (SSSR count). The van der Waals surface area contributed by atoms with Crippen molar-refractivity contribution in [2.75, 3.05) is 13.2 Å². The molecule has 0 aromatic carbocycles. The fourth-order valence-corrected chi connectivity index (χ4v) is 1.81. The van der Waals surface area contributed by atoms with Crippen LogP contribution in [0.25, 0.3) is 0 Å². The van der Waals surface area contributed by atoms with E-state index in [0.29, 0.717) is 12.6 Å². The number of aliphatic hydroxyl groups excluding tert-OH is 1. The third-order valence-electron chi connectivity index (χ3n) is 2.89. The van der Waals surface area contributed by atoms with E-state index < -0.39 is 0 Å². The predicted octanol–water partition coefficient (Wildman–Crippen LogP) is 1.13. The largest absolute Gasteiger partial charge is 0.396 e. The number of pyridine rings is 1. The average Bonchev–Trinajstić information content (AvgIpc) is 2.34. The minimum Gasteiger partial charge on any atom is -0.396 e. The Hall–Kier alpha value is -0.970. The Balaban J connectivity index is 2.71. The van der Waals surface area contributed by atoms with E-state index >= 15 is 0 Å². The van der Waals surface area contributed by atoms with Gasteiger partial charge in [0.15, 0.2) is 0 Å². The summed E-state index contributed by atoms with van der Waals surface area (Å²) in [7, 11) is 0. The molecule has 0 saturated carbocycles. The van der Waals surface area contributed by atoms with Crippen molar-refractivity contribution in [2.45, 2.75) is 39.4 Å². The highest BCUT2D eigenvalue weighted by Gasteiger charge is 2.11. The predicted molar refractivity (Wildman–Crippen MR) is 69.4 cm³/mol. The summed E-state index contributed by atoms with van der Waals surface area (Å²) < 4.78 is 0. The van der Waals surface area contributed by atoms with E-state index in [1.165, 1.54) is 5.56 Å². The third-order valence-corrected chi connectivity index (χ3v) is 2.89. The lowest BCUT2D eigenvalue weighted by Crippen LogP contribution is -2.32. The fourth-order valence-electron chi connectivity index (χ4n) is 1.81. The number of nitrogens with zero attached hydrogens (tertiary/aromatic N) is 2. The van der Waals surface area contributed by atoms with E-state index in [1.807, 2.05) is 6.07 Å². The maximum absolute atomic E-state index is 8.90. The number of aliphatic hydroxyl groups is 1. The molecule has 0 bridgehead atoms. The first-order valence-corrected chi connectivity index (χ1v) is 6.16. The van der Waals surface area contributed by atoms with E-state index in [9.17, 15) is 0 Å². The molecule has 0 aliphatic rings. The summed E-state index contributed by atoms with van der Waals surface area (Å²) in [4.78, 5) is 6.61. The normalized spacial score (nSPS) is 11.4. The van der Waals surface area contributed by atoms with E-state index in [1.54, 1.807) is 6.20 Å². The molecule has 1 aromatic rings. The first kappa shape index (κ1) is 14.1. The lowest BCUT2D eigenvalue weighted by atomic mass is 10.1. The van der Waals surface area contributed by atoms with Gasteiger partial charge < -0.3 is 10.8 Å². The molecule has 1 heterocycles.